The Morgan fingerprint density at radius 2 is 1.00 bits per heavy atom. The average Bonchev–Trinajstić information content (AvgIpc) is 1.29. The lowest BCUT2D eigenvalue weighted by Gasteiger charge is -2.40. The van der Waals surface area contributed by atoms with Gasteiger partial charge in [-0.1, -0.05) is 5.92 Å². The second-order valence-corrected chi connectivity index (χ2v) is 19.6. The number of nitrogens with two attached hydrogens (primary N) is 4. The summed E-state index contributed by atoms with van der Waals surface area (Å²) < 4.78 is 87.3. The minimum Gasteiger partial charge on any atom is -0.478 e. The molecule has 0 radical (unpaired) electrons. The smallest absolute Gasteiger partial charge is 0.478 e. The molecule has 0 bridgehead atoms. The van der Waals surface area contributed by atoms with Crippen molar-refractivity contribution in [2.75, 3.05) is 146 Å². The fourth-order valence-electron chi connectivity index (χ4n) is 8.89. The fourth-order valence-corrected chi connectivity index (χ4v) is 8.89. The Bertz CT molecular complexity index is 2380. The Kier molecular flexibility index (Phi) is 33.8. The van der Waals surface area contributed by atoms with Crippen molar-refractivity contribution >= 4 is 65.7 Å². The number of methoxy groups -OCH3 is 2. The van der Waals surface area contributed by atoms with Crippen LogP contribution in [0.15, 0.2) is 33.7 Å². The number of nitrogens with one attached hydrogen (secondary N) is 4. The molecular weight excluding hydrogens is 1200 g/mol. The van der Waals surface area contributed by atoms with Gasteiger partial charge >= 0.3 is 24.2 Å². The van der Waals surface area contributed by atoms with Crippen molar-refractivity contribution in [3.63, 3.8) is 0 Å². The van der Waals surface area contributed by atoms with Gasteiger partial charge in [-0.05, 0) is 25.0 Å². The van der Waals surface area contributed by atoms with Crippen molar-refractivity contribution in [1.29, 1.82) is 0 Å². The summed E-state index contributed by atoms with van der Waals surface area (Å²) in [7, 11) is 2.22. The van der Waals surface area contributed by atoms with E-state index in [1.165, 1.54) is 26.0 Å². The zero-order chi connectivity index (χ0) is 65.8. The van der Waals surface area contributed by atoms with Gasteiger partial charge in [-0.25, -0.2) is 29.2 Å². The first kappa shape index (κ1) is 74.2. The van der Waals surface area contributed by atoms with Gasteiger partial charge in [0.2, 0.25) is 41.1 Å². The molecule has 0 saturated carbocycles. The number of hydrogen-bond acceptors (Lipinski definition) is 27. The van der Waals surface area contributed by atoms with Crippen molar-refractivity contribution in [3.8, 4) is 12.3 Å². The molecule has 504 valence electrons. The standard InChI is InChI=1S/C54H83N11O25/c1-6-14-77-20-22-81-24-25-82-23-21-80-17-9-42(70)65(12-18-78-15-7-10-59-40(68)30-83-45(38-28-85-53(73)89-38)47-43(61-32(2)66)34(63-51(55)56)26-36(87-47)49(71)75-4)13-19-79-16-8-11-60-41(69)31-84-46(39-29-86-54(74)90-39)48-44(62-33(3)67)35(64-52(57)58)27-37(88-48)50(72)76-5/h1,26-27,34-35,38-39,43-48H,7-25,28-31H2,2-5H3,(H,59,68)(H,60,69)(H,61,66)(H,62,67)(H4,55,56,63)(H4,57,58,64)/t34-,35-,38+,39+,43+,44+,45+,46+,47+,48+/m0/s1. The molecule has 12 N–H and O–H groups in total. The second kappa shape index (κ2) is 41.1. The molecule has 90 heavy (non-hydrogen) atoms. The lowest BCUT2D eigenvalue weighted by molar-refractivity contribution is -0.155. The van der Waals surface area contributed by atoms with Crippen LogP contribution in [0.1, 0.15) is 33.1 Å². The third-order valence-electron chi connectivity index (χ3n) is 12.8. The van der Waals surface area contributed by atoms with E-state index in [1.54, 1.807) is 4.90 Å². The van der Waals surface area contributed by atoms with Crippen LogP contribution in [0.25, 0.3) is 0 Å². The molecule has 2 fully saturated rings. The number of terminal acetylenes is 1. The number of aliphatic imine (C=N–C) groups is 2. The molecule has 2 saturated heterocycles. The van der Waals surface area contributed by atoms with Crippen molar-refractivity contribution in [2.45, 2.75) is 93.9 Å². The Morgan fingerprint density at radius 1 is 0.600 bits per heavy atom. The normalized spacial score (nSPS) is 21.4. The van der Waals surface area contributed by atoms with Crippen molar-refractivity contribution in [2.24, 2.45) is 32.9 Å². The molecule has 10 atom stereocenters. The Balaban J connectivity index is 1.26. The molecule has 0 aromatic carbocycles. The highest BCUT2D eigenvalue weighted by atomic mass is 16.8. The lowest BCUT2D eigenvalue weighted by atomic mass is 9.92. The summed E-state index contributed by atoms with van der Waals surface area (Å²) in [6.07, 6.45) is -1.47. The predicted octanol–water partition coefficient (Wildman–Crippen LogP) is -5.00. The highest BCUT2D eigenvalue weighted by Gasteiger charge is 2.50. The summed E-state index contributed by atoms with van der Waals surface area (Å²) in [5, 5.41) is 10.7. The van der Waals surface area contributed by atoms with Crippen LogP contribution in [-0.2, 0) is 109 Å². The van der Waals surface area contributed by atoms with Gasteiger partial charge in [0.25, 0.3) is 0 Å². The number of guanidine groups is 2. The molecule has 4 heterocycles. The molecule has 5 amide bonds. The molecule has 4 rings (SSSR count). The molecular formula is C54H83N11O25. The topological polar surface area (TPSA) is 481 Å². The van der Waals surface area contributed by atoms with Crippen LogP contribution in [-0.4, -0.2) is 278 Å². The van der Waals surface area contributed by atoms with Gasteiger partial charge < -0.3 is 125 Å². The maximum absolute atomic E-state index is 13.5. The first-order chi connectivity index (χ1) is 43.2. The number of nitrogens with zero attached hydrogens (tertiary/aromatic N) is 3. The number of cyclic esters (lactones) is 4. The summed E-state index contributed by atoms with van der Waals surface area (Å²) in [6, 6.07) is -4.41. The van der Waals surface area contributed by atoms with E-state index in [-0.39, 0.29) is 116 Å². The van der Waals surface area contributed by atoms with E-state index in [0.29, 0.717) is 39.3 Å². The van der Waals surface area contributed by atoms with Gasteiger partial charge in [0.05, 0.1) is 104 Å². The van der Waals surface area contributed by atoms with Gasteiger partial charge in [0.1, 0.15) is 45.2 Å². The Morgan fingerprint density at radius 3 is 1.37 bits per heavy atom. The molecule has 0 unspecified atom stereocenters. The number of carbonyl (C=O) groups excluding carboxylic acids is 9. The predicted molar refractivity (Wildman–Crippen MR) is 306 cm³/mol. The van der Waals surface area contributed by atoms with Crippen LogP contribution < -0.4 is 44.2 Å². The lowest BCUT2D eigenvalue weighted by Crippen LogP contribution is -2.60. The summed E-state index contributed by atoms with van der Waals surface area (Å²) in [4.78, 5) is 124. The van der Waals surface area contributed by atoms with E-state index in [4.69, 9.17) is 105 Å². The molecule has 4 aliphatic heterocycles. The number of carbonyl (C=O) groups is 9. The third-order valence-corrected chi connectivity index (χ3v) is 12.8. The number of rotatable bonds is 43. The van der Waals surface area contributed by atoms with Crippen LogP contribution in [0, 0.1) is 12.3 Å². The van der Waals surface area contributed by atoms with Gasteiger partial charge in [-0.3, -0.25) is 24.0 Å². The van der Waals surface area contributed by atoms with Crippen LogP contribution in [0.4, 0.5) is 9.59 Å². The second-order valence-electron chi connectivity index (χ2n) is 19.6. The molecule has 0 aromatic heterocycles. The minimum absolute atomic E-state index is 0.0264. The van der Waals surface area contributed by atoms with E-state index in [0.717, 1.165) is 14.2 Å². The third kappa shape index (κ3) is 27.2. The summed E-state index contributed by atoms with van der Waals surface area (Å²) in [6.45, 7) is 3.82. The summed E-state index contributed by atoms with van der Waals surface area (Å²) >= 11 is 0. The SMILES string of the molecule is C#CCOCCOCCOCCOCCC(=O)N(CCOCCCNC(=O)CO[C@@H]([C@@H]1OC(C(=O)OC)=C[C@H](N=C(N)N)[C@H]1NC(C)=O)[C@H]1COC(=O)O1)CCOCCCNC(=O)CO[C@@H]([C@@H]1OC(C(=O)OC)=C[C@H](N=C(N)N)[C@H]1NC(C)=O)[C@H]1COC(=O)O1. The maximum Gasteiger partial charge on any atom is 0.508 e. The van der Waals surface area contributed by atoms with Crippen LogP contribution in [0.3, 0.4) is 0 Å². The first-order valence-corrected chi connectivity index (χ1v) is 28.5. The Hall–Kier alpha value is -8.31. The number of amides is 5. The monoisotopic (exact) mass is 1290 g/mol. The zero-order valence-corrected chi connectivity index (χ0v) is 50.6. The van der Waals surface area contributed by atoms with Gasteiger partial charge in [-0.15, -0.1) is 6.42 Å². The quantitative estimate of drug-likeness (QED) is 0.00708. The van der Waals surface area contributed by atoms with Gasteiger partial charge in [-0.2, -0.15) is 0 Å². The van der Waals surface area contributed by atoms with E-state index >= 15 is 0 Å². The van der Waals surface area contributed by atoms with E-state index in [1.807, 2.05) is 0 Å². The molecule has 36 heteroatoms. The minimum atomic E-state index is -1.34. The van der Waals surface area contributed by atoms with E-state index in [2.05, 4.69) is 37.2 Å². The van der Waals surface area contributed by atoms with Crippen molar-refractivity contribution < 1.29 is 119 Å². The van der Waals surface area contributed by atoms with Gasteiger partial charge in [0, 0.05) is 53.2 Å². The molecule has 0 spiro atoms. The largest absolute Gasteiger partial charge is 0.508 e. The zero-order valence-electron chi connectivity index (χ0n) is 50.6. The molecule has 0 aromatic rings. The van der Waals surface area contributed by atoms with Gasteiger partial charge in [0.15, 0.2) is 36.3 Å². The highest BCUT2D eigenvalue weighted by molar-refractivity contribution is 5.88. The number of ether oxygens (including phenoxy) is 16. The molecule has 4 aliphatic rings. The van der Waals surface area contributed by atoms with E-state index in [9.17, 15) is 43.2 Å². The first-order valence-electron chi connectivity index (χ1n) is 28.5. The summed E-state index contributed by atoms with van der Waals surface area (Å²) in [5.74, 6) is -3.49. The van der Waals surface area contributed by atoms with Crippen LogP contribution in [0.2, 0.25) is 0 Å². The fraction of sp³-hybridized carbons (Fsp3) is 0.685. The van der Waals surface area contributed by atoms with Crippen molar-refractivity contribution in [3.05, 3.63) is 23.7 Å². The molecule has 0 aliphatic carbocycles. The average molecular weight is 1290 g/mol. The number of hydrogen-bond donors (Lipinski definition) is 8. The van der Waals surface area contributed by atoms with Crippen molar-refractivity contribution in [1.82, 2.24) is 26.2 Å². The molecule has 36 nitrogen and oxygen atoms in total. The van der Waals surface area contributed by atoms with E-state index < -0.39 is 134 Å². The highest BCUT2D eigenvalue weighted by Crippen LogP contribution is 2.31. The van der Waals surface area contributed by atoms with Crippen LogP contribution >= 0.6 is 0 Å². The Labute approximate surface area is 518 Å². The number of esters is 2. The van der Waals surface area contributed by atoms with Crippen LogP contribution in [0.5, 0.6) is 0 Å². The summed E-state index contributed by atoms with van der Waals surface area (Å²) in [5.41, 5.74) is 22.7. The maximum atomic E-state index is 13.5.